The third-order valence-electron chi connectivity index (χ3n) is 5.77. The molecule has 0 spiro atoms. The second-order valence-corrected chi connectivity index (χ2v) is 8.29. The van der Waals surface area contributed by atoms with Gasteiger partial charge in [0.05, 0.1) is 30.1 Å². The molecule has 10 heteroatoms. The number of nitrogens with zero attached hydrogens (tertiary/aromatic N) is 4. The molecular weight excluding hydrogens is 432 g/mol. The molecule has 1 aliphatic heterocycles. The summed E-state index contributed by atoms with van der Waals surface area (Å²) in [6, 6.07) is 5.38. The van der Waals surface area contributed by atoms with Crippen LogP contribution in [0.15, 0.2) is 42.1 Å². The van der Waals surface area contributed by atoms with Crippen molar-refractivity contribution in [2.75, 3.05) is 20.8 Å². The average Bonchev–Trinajstić information content (AvgIpc) is 3.25. The maximum Gasteiger partial charge on any atom is 0.355 e. The fourth-order valence-electron chi connectivity index (χ4n) is 3.97. The first kappa shape index (κ1) is 22.2. The van der Waals surface area contributed by atoms with E-state index in [4.69, 9.17) is 21.1 Å². The van der Waals surface area contributed by atoms with Gasteiger partial charge in [0, 0.05) is 18.7 Å². The van der Waals surface area contributed by atoms with Crippen LogP contribution >= 0.6 is 11.6 Å². The molecule has 1 aromatic carbocycles. The van der Waals surface area contributed by atoms with Crippen molar-refractivity contribution in [3.8, 4) is 17.2 Å². The molecule has 0 radical (unpaired) electrons. The van der Waals surface area contributed by atoms with Crippen molar-refractivity contribution in [3.63, 3.8) is 0 Å². The first-order chi connectivity index (χ1) is 15.3. The van der Waals surface area contributed by atoms with Crippen molar-refractivity contribution in [2.24, 2.45) is 11.8 Å². The number of hydrazine groups is 3. The first-order valence-electron chi connectivity index (χ1n) is 10.3. The molecule has 2 N–H and O–H groups in total. The molecule has 32 heavy (non-hydrogen) atoms. The van der Waals surface area contributed by atoms with Crippen LogP contribution in [0.5, 0.6) is 11.5 Å². The Kier molecular flexibility index (Phi) is 6.14. The minimum atomic E-state index is -0.188. The molecule has 2 amide bonds. The summed E-state index contributed by atoms with van der Waals surface area (Å²) >= 11 is 6.55. The lowest BCUT2D eigenvalue weighted by atomic mass is 9.87. The minimum absolute atomic E-state index is 0.0410. The summed E-state index contributed by atoms with van der Waals surface area (Å²) in [5.41, 5.74) is 9.02. The summed E-state index contributed by atoms with van der Waals surface area (Å²) in [5.74, 6) is 1.46. The molecule has 2 unspecified atom stereocenters. The number of halogens is 1. The Balaban J connectivity index is 1.51. The second-order valence-electron chi connectivity index (χ2n) is 7.88. The van der Waals surface area contributed by atoms with E-state index in [1.54, 1.807) is 18.8 Å². The predicted octanol–water partition coefficient (Wildman–Crippen LogP) is 3.53. The zero-order valence-electron chi connectivity index (χ0n) is 18.7. The number of amides is 2. The molecule has 1 fully saturated rings. The number of aromatic nitrogens is 2. The van der Waals surface area contributed by atoms with E-state index in [0.29, 0.717) is 17.4 Å². The van der Waals surface area contributed by atoms with E-state index < -0.39 is 0 Å². The van der Waals surface area contributed by atoms with Crippen LogP contribution in [0.4, 0.5) is 4.79 Å². The largest absolute Gasteiger partial charge is 0.493 e. The standard InChI is InChI=1S/C22H27ClN6O3/c1-13-7-6-8-19(29-22(30)27(4)25-26-29)17(13)12-32-20-10-9-16(11-18(20)23)28-15(3)21(31-5)14(2)24-28/h6-11,13,17,25-26H,12H2,1-5H3. The molecule has 2 atom stereocenters. The maximum absolute atomic E-state index is 12.4. The van der Waals surface area contributed by atoms with E-state index in [1.165, 1.54) is 10.0 Å². The Bertz CT molecular complexity index is 1100. The summed E-state index contributed by atoms with van der Waals surface area (Å²) < 4.78 is 13.3. The average molecular weight is 459 g/mol. The summed E-state index contributed by atoms with van der Waals surface area (Å²) in [5, 5.41) is 7.90. The lowest BCUT2D eigenvalue weighted by Gasteiger charge is -2.31. The van der Waals surface area contributed by atoms with Gasteiger partial charge in [0.25, 0.3) is 0 Å². The van der Waals surface area contributed by atoms with Gasteiger partial charge in [0.15, 0.2) is 5.75 Å². The molecule has 2 aliphatic rings. The van der Waals surface area contributed by atoms with E-state index in [-0.39, 0.29) is 17.9 Å². The molecule has 1 saturated heterocycles. The highest BCUT2D eigenvalue weighted by molar-refractivity contribution is 6.32. The van der Waals surface area contributed by atoms with Gasteiger partial charge in [-0.05, 0) is 44.0 Å². The molecule has 2 heterocycles. The topological polar surface area (TPSA) is 83.9 Å². The number of aryl methyl sites for hydroxylation is 1. The van der Waals surface area contributed by atoms with Crippen molar-refractivity contribution in [3.05, 3.63) is 58.5 Å². The van der Waals surface area contributed by atoms with Crippen LogP contribution in [0, 0.1) is 25.7 Å². The highest BCUT2D eigenvalue weighted by Gasteiger charge is 2.35. The van der Waals surface area contributed by atoms with E-state index in [9.17, 15) is 4.79 Å². The number of benzene rings is 1. The van der Waals surface area contributed by atoms with Gasteiger partial charge < -0.3 is 9.47 Å². The van der Waals surface area contributed by atoms with Crippen LogP contribution in [0.3, 0.4) is 0 Å². The minimum Gasteiger partial charge on any atom is -0.493 e. The normalized spacial score (nSPS) is 20.7. The van der Waals surface area contributed by atoms with Crippen LogP contribution < -0.4 is 20.5 Å². The van der Waals surface area contributed by atoms with Crippen LogP contribution in [0.2, 0.25) is 5.02 Å². The third kappa shape index (κ3) is 3.94. The monoisotopic (exact) mass is 458 g/mol. The number of hydrogen-bond acceptors (Lipinski definition) is 6. The number of nitrogens with one attached hydrogen (secondary N) is 2. The van der Waals surface area contributed by atoms with Crippen LogP contribution in [-0.4, -0.2) is 46.6 Å². The molecule has 4 rings (SSSR count). The summed E-state index contributed by atoms with van der Waals surface area (Å²) in [6.45, 7) is 6.30. The number of urea groups is 1. The van der Waals surface area contributed by atoms with Crippen LogP contribution in [0.25, 0.3) is 5.69 Å². The molecule has 1 aliphatic carbocycles. The number of carbonyl (C=O) groups is 1. The van der Waals surface area contributed by atoms with Crippen LogP contribution in [0.1, 0.15) is 18.3 Å². The molecule has 0 saturated carbocycles. The maximum atomic E-state index is 12.4. The fourth-order valence-corrected chi connectivity index (χ4v) is 4.20. The number of methoxy groups -OCH3 is 1. The zero-order chi connectivity index (χ0) is 23.0. The number of carbonyl (C=O) groups excluding carboxylic acids is 1. The van der Waals surface area contributed by atoms with Gasteiger partial charge in [0.1, 0.15) is 11.4 Å². The highest BCUT2D eigenvalue weighted by atomic mass is 35.5. The Morgan fingerprint density at radius 3 is 2.66 bits per heavy atom. The predicted molar refractivity (Wildman–Crippen MR) is 121 cm³/mol. The van der Waals surface area contributed by atoms with Crippen molar-refractivity contribution in [1.29, 1.82) is 0 Å². The summed E-state index contributed by atoms with van der Waals surface area (Å²) in [4.78, 5) is 12.4. The quantitative estimate of drug-likeness (QED) is 0.689. The second kappa shape index (κ2) is 8.85. The summed E-state index contributed by atoms with van der Waals surface area (Å²) in [7, 11) is 3.29. The first-order valence-corrected chi connectivity index (χ1v) is 10.7. The van der Waals surface area contributed by atoms with Crippen molar-refractivity contribution < 1.29 is 14.3 Å². The van der Waals surface area contributed by atoms with E-state index in [2.05, 4.69) is 29.2 Å². The molecular formula is C22H27ClN6O3. The smallest absolute Gasteiger partial charge is 0.355 e. The van der Waals surface area contributed by atoms with E-state index >= 15 is 0 Å². The lowest BCUT2D eigenvalue weighted by Crippen LogP contribution is -2.42. The number of hydrogen-bond donors (Lipinski definition) is 2. The van der Waals surface area contributed by atoms with Crippen LogP contribution in [-0.2, 0) is 0 Å². The van der Waals surface area contributed by atoms with Gasteiger partial charge in [-0.1, -0.05) is 30.7 Å². The van der Waals surface area contributed by atoms with Gasteiger partial charge in [-0.25, -0.2) is 19.5 Å². The number of rotatable bonds is 6. The SMILES string of the molecule is COc1c(C)nn(-c2ccc(OCC3C(N4NNN(C)C4=O)=CC=CC3C)c(Cl)c2)c1C. The van der Waals surface area contributed by atoms with Crippen molar-refractivity contribution in [2.45, 2.75) is 20.8 Å². The summed E-state index contributed by atoms with van der Waals surface area (Å²) in [6.07, 6.45) is 5.96. The van der Waals surface area contributed by atoms with Gasteiger partial charge in [0.2, 0.25) is 0 Å². The Hall–Kier alpha value is -3.01. The lowest BCUT2D eigenvalue weighted by molar-refractivity contribution is 0.177. The van der Waals surface area contributed by atoms with Gasteiger partial charge in [-0.2, -0.15) is 5.10 Å². The Labute approximate surface area is 192 Å². The van der Waals surface area contributed by atoms with Gasteiger partial charge in [-0.3, -0.25) is 0 Å². The van der Waals surface area contributed by atoms with Gasteiger partial charge in [-0.15, -0.1) is 11.1 Å². The molecule has 1 aromatic heterocycles. The van der Waals surface area contributed by atoms with E-state index in [1.807, 2.05) is 44.2 Å². The van der Waals surface area contributed by atoms with E-state index in [0.717, 1.165) is 28.5 Å². The Morgan fingerprint density at radius 2 is 2.03 bits per heavy atom. The fraction of sp³-hybridized carbons (Fsp3) is 0.364. The van der Waals surface area contributed by atoms with Crippen molar-refractivity contribution in [1.82, 2.24) is 30.9 Å². The third-order valence-corrected chi connectivity index (χ3v) is 6.06. The molecule has 0 bridgehead atoms. The Morgan fingerprint density at radius 1 is 1.25 bits per heavy atom. The molecule has 170 valence electrons. The zero-order valence-corrected chi connectivity index (χ0v) is 19.5. The number of allylic oxidation sites excluding steroid dienone is 3. The highest BCUT2D eigenvalue weighted by Crippen LogP contribution is 2.33. The molecule has 9 nitrogen and oxygen atoms in total. The van der Waals surface area contributed by atoms with Crippen molar-refractivity contribution >= 4 is 17.6 Å². The molecule has 2 aromatic rings. The number of ether oxygens (including phenoxy) is 2. The van der Waals surface area contributed by atoms with Gasteiger partial charge >= 0.3 is 6.03 Å².